The summed E-state index contributed by atoms with van der Waals surface area (Å²) < 4.78 is 4.33. The van der Waals surface area contributed by atoms with Crippen molar-refractivity contribution in [2.45, 2.75) is 18.9 Å². The maximum absolute atomic E-state index is 10.6. The Balaban J connectivity index is 3.60. The zero-order valence-electron chi connectivity index (χ0n) is 6.37. The predicted molar refractivity (Wildman–Crippen MR) is 38.4 cm³/mol. The summed E-state index contributed by atoms with van der Waals surface area (Å²) in [4.78, 5) is 20.9. The molecule has 0 bridgehead atoms. The number of methoxy groups -OCH3 is 1. The van der Waals surface area contributed by atoms with E-state index < -0.39 is 17.9 Å². The predicted octanol–water partition coefficient (Wildman–Crippen LogP) is -1.25. The maximum atomic E-state index is 10.6. The van der Waals surface area contributed by atoms with Gasteiger partial charge in [0.2, 0.25) is 5.91 Å². The second-order valence-electron chi connectivity index (χ2n) is 2.13. The Morgan fingerprint density at radius 3 is 2.45 bits per heavy atom. The molecule has 1 unspecified atom stereocenters. The third-order valence-electron chi connectivity index (χ3n) is 1.21. The van der Waals surface area contributed by atoms with Crippen LogP contribution < -0.4 is 11.5 Å². The molecule has 1 amide bonds. The molecule has 0 spiro atoms. The lowest BCUT2D eigenvalue weighted by Gasteiger charge is -2.06. The standard InChI is InChI=1S/C6H12N2O3/c1-11-6(10)4(7)2-3-5(8)9/h4H,2-3,7H2,1H3,(H2,8,9)/i8+1. The molecule has 11 heavy (non-hydrogen) atoms. The molecule has 0 aliphatic rings. The van der Waals surface area contributed by atoms with Crippen molar-refractivity contribution in [3.05, 3.63) is 0 Å². The van der Waals surface area contributed by atoms with Crippen LogP contribution in [0.4, 0.5) is 0 Å². The third kappa shape index (κ3) is 4.32. The van der Waals surface area contributed by atoms with E-state index in [1.807, 2.05) is 0 Å². The summed E-state index contributed by atoms with van der Waals surface area (Å²) in [5.74, 6) is -0.990. The Kier molecular flexibility index (Phi) is 4.21. The summed E-state index contributed by atoms with van der Waals surface area (Å²) in [6.45, 7) is 0. The molecular formula is C6H12N2O3. The molecule has 0 radical (unpaired) electrons. The van der Waals surface area contributed by atoms with Gasteiger partial charge < -0.3 is 16.2 Å². The average Bonchev–Trinajstić information content (AvgIpc) is 1.98. The monoisotopic (exact) mass is 161 g/mol. The zero-order valence-corrected chi connectivity index (χ0v) is 6.37. The smallest absolute Gasteiger partial charge is 0.322 e. The molecule has 0 aromatic rings. The van der Waals surface area contributed by atoms with E-state index in [4.69, 9.17) is 11.5 Å². The van der Waals surface area contributed by atoms with Gasteiger partial charge >= 0.3 is 5.97 Å². The number of rotatable bonds is 4. The molecule has 0 aliphatic carbocycles. The van der Waals surface area contributed by atoms with Crippen molar-refractivity contribution in [1.29, 1.82) is 0 Å². The first-order valence-electron chi connectivity index (χ1n) is 3.19. The topological polar surface area (TPSA) is 95.4 Å². The van der Waals surface area contributed by atoms with Gasteiger partial charge in [-0.15, -0.1) is 0 Å². The molecule has 64 valence electrons. The first-order valence-corrected chi connectivity index (χ1v) is 3.19. The molecule has 0 aromatic heterocycles. The van der Waals surface area contributed by atoms with Crippen molar-refractivity contribution in [2.24, 2.45) is 11.5 Å². The van der Waals surface area contributed by atoms with Gasteiger partial charge in [0.1, 0.15) is 6.04 Å². The average molecular weight is 161 g/mol. The van der Waals surface area contributed by atoms with Crippen LogP contribution in [0.3, 0.4) is 0 Å². The number of primary amides is 1. The van der Waals surface area contributed by atoms with E-state index in [1.165, 1.54) is 7.11 Å². The minimum Gasteiger partial charge on any atom is -0.468 e. The summed E-state index contributed by atoms with van der Waals surface area (Å²) in [5.41, 5.74) is 10.1. The molecule has 5 heteroatoms. The largest absolute Gasteiger partial charge is 0.468 e. The minimum atomic E-state index is -0.743. The number of amides is 1. The number of carbonyl (C=O) groups is 2. The maximum Gasteiger partial charge on any atom is 0.322 e. The third-order valence-corrected chi connectivity index (χ3v) is 1.21. The van der Waals surface area contributed by atoms with Gasteiger partial charge in [0.05, 0.1) is 7.11 Å². The summed E-state index contributed by atoms with van der Waals surface area (Å²) in [6, 6.07) is -0.743. The fourth-order valence-corrected chi connectivity index (χ4v) is 0.567. The Morgan fingerprint density at radius 2 is 2.09 bits per heavy atom. The minimum absolute atomic E-state index is 0.107. The van der Waals surface area contributed by atoms with E-state index in [0.29, 0.717) is 0 Å². The van der Waals surface area contributed by atoms with Crippen LogP contribution >= 0.6 is 0 Å². The summed E-state index contributed by atoms with van der Waals surface area (Å²) in [7, 11) is 1.24. The first kappa shape index (κ1) is 9.90. The molecule has 4 N–H and O–H groups in total. The zero-order chi connectivity index (χ0) is 8.85. The van der Waals surface area contributed by atoms with Crippen LogP contribution in [0.2, 0.25) is 0 Å². The highest BCUT2D eigenvalue weighted by Gasteiger charge is 2.13. The Bertz CT molecular complexity index is 158. The first-order chi connectivity index (χ1) is 5.07. The molecule has 0 saturated carbocycles. The number of hydrogen-bond donors (Lipinski definition) is 2. The lowest BCUT2D eigenvalue weighted by Crippen LogP contribution is -2.32. The molecule has 0 aromatic carbocycles. The fourth-order valence-electron chi connectivity index (χ4n) is 0.567. The van der Waals surface area contributed by atoms with E-state index >= 15 is 0 Å². The normalized spacial score (nSPS) is 12.2. The van der Waals surface area contributed by atoms with Crippen molar-refractivity contribution < 1.29 is 14.3 Å². The van der Waals surface area contributed by atoms with E-state index in [1.54, 1.807) is 0 Å². The number of hydrogen-bond acceptors (Lipinski definition) is 4. The summed E-state index contributed by atoms with van der Waals surface area (Å²) >= 11 is 0. The van der Waals surface area contributed by atoms with Crippen molar-refractivity contribution in [1.82, 2.24) is 0 Å². The molecule has 0 aliphatic heterocycles. The van der Waals surface area contributed by atoms with Gasteiger partial charge in [-0.3, -0.25) is 9.59 Å². The van der Waals surface area contributed by atoms with Crippen molar-refractivity contribution >= 4 is 11.9 Å². The SMILES string of the molecule is COC(=O)C(N)CCC([15NH2])=O. The number of ether oxygens (including phenoxy) is 1. The molecule has 1 atom stereocenters. The van der Waals surface area contributed by atoms with Crippen LogP contribution in [0.5, 0.6) is 0 Å². The number of esters is 1. The van der Waals surface area contributed by atoms with Gasteiger partial charge in [-0.05, 0) is 6.42 Å². The van der Waals surface area contributed by atoms with E-state index in [2.05, 4.69) is 4.74 Å². The van der Waals surface area contributed by atoms with Crippen LogP contribution in [-0.4, -0.2) is 25.0 Å². The molecule has 0 fully saturated rings. The van der Waals surface area contributed by atoms with Crippen molar-refractivity contribution in [3.8, 4) is 0 Å². The van der Waals surface area contributed by atoms with E-state index in [0.717, 1.165) is 0 Å². The van der Waals surface area contributed by atoms with Gasteiger partial charge in [0.15, 0.2) is 0 Å². The van der Waals surface area contributed by atoms with E-state index in [9.17, 15) is 9.59 Å². The number of nitrogens with two attached hydrogens (primary N) is 2. The second kappa shape index (κ2) is 4.68. The van der Waals surface area contributed by atoms with Gasteiger partial charge in [-0.2, -0.15) is 0 Å². The molecule has 0 rings (SSSR count). The van der Waals surface area contributed by atoms with Gasteiger partial charge in [0.25, 0.3) is 0 Å². The van der Waals surface area contributed by atoms with Crippen LogP contribution in [0.15, 0.2) is 0 Å². The van der Waals surface area contributed by atoms with Gasteiger partial charge in [-0.1, -0.05) is 0 Å². The van der Waals surface area contributed by atoms with Gasteiger partial charge in [0, 0.05) is 6.42 Å². The van der Waals surface area contributed by atoms with Crippen molar-refractivity contribution in [3.63, 3.8) is 0 Å². The molecule has 5 nitrogen and oxygen atoms in total. The van der Waals surface area contributed by atoms with Crippen LogP contribution in [0, 0.1) is 0 Å². The fraction of sp³-hybridized carbons (Fsp3) is 0.667. The highest BCUT2D eigenvalue weighted by molar-refractivity contribution is 5.78. The highest BCUT2D eigenvalue weighted by Crippen LogP contribution is 1.94. The van der Waals surface area contributed by atoms with Gasteiger partial charge in [-0.25, -0.2) is 0 Å². The molecular weight excluding hydrogens is 149 g/mol. The van der Waals surface area contributed by atoms with Crippen LogP contribution in [0.1, 0.15) is 12.8 Å². The molecule has 0 saturated heterocycles. The Labute approximate surface area is 64.7 Å². The Hall–Kier alpha value is -1.10. The number of carbonyl (C=O) groups excluding carboxylic acids is 2. The van der Waals surface area contributed by atoms with Crippen molar-refractivity contribution in [2.75, 3.05) is 7.11 Å². The lowest BCUT2D eigenvalue weighted by molar-refractivity contribution is -0.142. The summed E-state index contributed by atoms with van der Waals surface area (Å²) in [6.07, 6.45) is 0.346. The molecule has 0 heterocycles. The highest BCUT2D eigenvalue weighted by atomic mass is 16.5. The Morgan fingerprint density at radius 1 is 1.55 bits per heavy atom. The van der Waals surface area contributed by atoms with Crippen LogP contribution in [0.25, 0.3) is 0 Å². The lowest BCUT2D eigenvalue weighted by atomic mass is 10.2. The second-order valence-corrected chi connectivity index (χ2v) is 2.13. The summed E-state index contributed by atoms with van der Waals surface area (Å²) in [5, 5.41) is 0. The quantitative estimate of drug-likeness (QED) is 0.398. The van der Waals surface area contributed by atoms with E-state index in [-0.39, 0.29) is 12.8 Å². The van der Waals surface area contributed by atoms with Crippen LogP contribution in [-0.2, 0) is 14.3 Å².